The van der Waals surface area contributed by atoms with Gasteiger partial charge in [0.1, 0.15) is 4.90 Å². The van der Waals surface area contributed by atoms with Gasteiger partial charge in [-0.3, -0.25) is 0 Å². The summed E-state index contributed by atoms with van der Waals surface area (Å²) in [6.07, 6.45) is 5.84. The van der Waals surface area contributed by atoms with Gasteiger partial charge in [-0.05, 0) is 81.2 Å². The summed E-state index contributed by atoms with van der Waals surface area (Å²) in [5.74, 6) is 0.471. The topological polar surface area (TPSA) is 102 Å². The van der Waals surface area contributed by atoms with Crippen LogP contribution in [0.1, 0.15) is 84.9 Å². The summed E-state index contributed by atoms with van der Waals surface area (Å²) >= 11 is 0. The average molecular weight is 538 g/mol. The van der Waals surface area contributed by atoms with Gasteiger partial charge < -0.3 is 4.57 Å². The first-order valence-electron chi connectivity index (χ1n) is 12.7. The molecule has 0 radical (unpaired) electrons. The maximum absolute atomic E-state index is 13.6. The lowest BCUT2D eigenvalue weighted by Gasteiger charge is -2.33. The molecule has 36 heavy (non-hydrogen) atoms. The minimum absolute atomic E-state index is 0.120. The fraction of sp³-hybridized carbons (Fsp3) is 0.630. The zero-order valence-electron chi connectivity index (χ0n) is 23.1. The molecule has 1 aliphatic carbocycles. The summed E-state index contributed by atoms with van der Waals surface area (Å²) in [6.45, 7) is 14.1. The Bertz CT molecular complexity index is 1320. The van der Waals surface area contributed by atoms with Crippen LogP contribution in [-0.2, 0) is 32.0 Å². The van der Waals surface area contributed by atoms with Gasteiger partial charge in [0.05, 0.1) is 4.90 Å². The van der Waals surface area contributed by atoms with Gasteiger partial charge in [-0.1, -0.05) is 46.1 Å². The predicted octanol–water partition coefficient (Wildman–Crippen LogP) is 5.41. The Balaban J connectivity index is 2.23. The molecule has 1 heterocycles. The first-order chi connectivity index (χ1) is 16.3. The molecule has 1 aliphatic rings. The molecule has 0 aliphatic heterocycles. The first-order valence-corrected chi connectivity index (χ1v) is 15.7. The van der Waals surface area contributed by atoms with Crippen LogP contribution >= 0.6 is 0 Å². The van der Waals surface area contributed by atoms with Crippen molar-refractivity contribution < 1.29 is 16.8 Å². The Kier molecular flexibility index (Phi) is 7.94. The van der Waals surface area contributed by atoms with Crippen molar-refractivity contribution in [1.82, 2.24) is 8.87 Å². The summed E-state index contributed by atoms with van der Waals surface area (Å²) < 4.78 is 55.5. The second-order valence-corrected chi connectivity index (χ2v) is 15.7. The molecule has 1 aromatic carbocycles. The molecule has 0 saturated heterocycles. The largest absolute Gasteiger partial charge is 0.343 e. The summed E-state index contributed by atoms with van der Waals surface area (Å²) in [7, 11) is -6.06. The third kappa shape index (κ3) is 5.90. The van der Waals surface area contributed by atoms with Crippen molar-refractivity contribution in [2.45, 2.75) is 108 Å². The fourth-order valence-electron chi connectivity index (χ4n) is 5.02. The standard InChI is InChI=1S/C27H43N3O4S2/c1-19-25(35(28,31)32)17-23(30(19)18-20-12-10-9-11-13-20)21-14-15-24(22(16-21)26(2,3)4)36(33,34)29(8)27(5,6)7/h14-17,20H,9-13,18H2,1-8H3,(H2,28,31,32). The van der Waals surface area contributed by atoms with Crippen LogP contribution in [0.3, 0.4) is 0 Å². The van der Waals surface area contributed by atoms with E-state index in [1.54, 1.807) is 32.2 Å². The molecule has 0 unspecified atom stereocenters. The molecule has 0 bridgehead atoms. The van der Waals surface area contributed by atoms with E-state index in [9.17, 15) is 16.8 Å². The van der Waals surface area contributed by atoms with Crippen molar-refractivity contribution in [3.8, 4) is 11.3 Å². The van der Waals surface area contributed by atoms with Gasteiger partial charge in [-0.2, -0.15) is 4.31 Å². The SMILES string of the molecule is Cc1c(S(N)(=O)=O)cc(-c2ccc(S(=O)(=O)N(C)C(C)(C)C)c(C(C)(C)C)c2)n1CC1CCCCC1. The van der Waals surface area contributed by atoms with Crippen molar-refractivity contribution in [1.29, 1.82) is 0 Å². The van der Waals surface area contributed by atoms with E-state index in [-0.39, 0.29) is 9.79 Å². The average Bonchev–Trinajstić information content (AvgIpc) is 3.08. The summed E-state index contributed by atoms with van der Waals surface area (Å²) in [6, 6.07) is 7.00. The second-order valence-electron chi connectivity index (χ2n) is 12.2. The van der Waals surface area contributed by atoms with E-state index >= 15 is 0 Å². The first kappa shape index (κ1) is 28.9. The van der Waals surface area contributed by atoms with E-state index in [1.807, 2.05) is 47.6 Å². The maximum atomic E-state index is 13.6. The van der Waals surface area contributed by atoms with Crippen LogP contribution < -0.4 is 5.14 Å². The number of rotatable bonds is 6. The van der Waals surface area contributed by atoms with E-state index in [1.165, 1.54) is 23.6 Å². The highest BCUT2D eigenvalue weighted by Gasteiger charge is 2.35. The van der Waals surface area contributed by atoms with E-state index in [0.29, 0.717) is 23.7 Å². The van der Waals surface area contributed by atoms with Crippen molar-refractivity contribution in [2.24, 2.45) is 11.1 Å². The van der Waals surface area contributed by atoms with Crippen molar-refractivity contribution in [3.63, 3.8) is 0 Å². The quantitative estimate of drug-likeness (QED) is 0.532. The van der Waals surface area contributed by atoms with Crippen LogP contribution in [0.2, 0.25) is 0 Å². The number of sulfonamides is 2. The summed E-state index contributed by atoms with van der Waals surface area (Å²) in [5, 5.41) is 5.58. The van der Waals surface area contributed by atoms with E-state index < -0.39 is 31.0 Å². The van der Waals surface area contributed by atoms with Gasteiger partial charge in [-0.25, -0.2) is 22.0 Å². The Morgan fingerprint density at radius 1 is 0.944 bits per heavy atom. The van der Waals surface area contributed by atoms with Crippen molar-refractivity contribution in [2.75, 3.05) is 7.05 Å². The van der Waals surface area contributed by atoms with E-state index in [4.69, 9.17) is 5.14 Å². The highest BCUT2D eigenvalue weighted by atomic mass is 32.2. The highest BCUT2D eigenvalue weighted by molar-refractivity contribution is 7.89. The molecular formula is C27H43N3O4S2. The second kappa shape index (κ2) is 9.89. The summed E-state index contributed by atoms with van der Waals surface area (Å²) in [4.78, 5) is 0.389. The molecule has 0 atom stereocenters. The number of benzene rings is 1. The molecule has 0 amide bonds. The van der Waals surface area contributed by atoms with E-state index in [2.05, 4.69) is 4.57 Å². The predicted molar refractivity (Wildman–Crippen MR) is 146 cm³/mol. The maximum Gasteiger partial charge on any atom is 0.243 e. The highest BCUT2D eigenvalue weighted by Crippen LogP contribution is 2.38. The van der Waals surface area contributed by atoms with Gasteiger partial charge >= 0.3 is 0 Å². The van der Waals surface area contributed by atoms with Gasteiger partial charge in [0.15, 0.2) is 0 Å². The fourth-order valence-corrected chi connectivity index (χ4v) is 7.72. The molecule has 1 saturated carbocycles. The molecule has 9 heteroatoms. The number of aromatic nitrogens is 1. The molecule has 3 rings (SSSR count). The lowest BCUT2D eigenvalue weighted by atomic mass is 9.85. The Morgan fingerprint density at radius 3 is 2.03 bits per heavy atom. The molecule has 0 spiro atoms. The minimum Gasteiger partial charge on any atom is -0.343 e. The number of nitrogens with two attached hydrogens (primary N) is 1. The molecule has 202 valence electrons. The lowest BCUT2D eigenvalue weighted by Crippen LogP contribution is -2.43. The molecule has 2 N–H and O–H groups in total. The molecule has 2 aromatic rings. The number of hydrogen-bond acceptors (Lipinski definition) is 4. The Hall–Kier alpha value is -1.68. The zero-order chi connectivity index (χ0) is 27.3. The van der Waals surface area contributed by atoms with Crippen molar-refractivity contribution in [3.05, 3.63) is 35.5 Å². The monoisotopic (exact) mass is 537 g/mol. The van der Waals surface area contributed by atoms with Crippen LogP contribution in [0.25, 0.3) is 11.3 Å². The number of hydrogen-bond donors (Lipinski definition) is 1. The lowest BCUT2D eigenvalue weighted by molar-refractivity contribution is 0.291. The van der Waals surface area contributed by atoms with Crippen LogP contribution in [0, 0.1) is 12.8 Å². The smallest absolute Gasteiger partial charge is 0.243 e. The van der Waals surface area contributed by atoms with Crippen molar-refractivity contribution >= 4 is 20.0 Å². The van der Waals surface area contributed by atoms with Gasteiger partial charge in [0.25, 0.3) is 0 Å². The van der Waals surface area contributed by atoms with Gasteiger partial charge in [0, 0.05) is 30.5 Å². The number of nitrogens with zero attached hydrogens (tertiary/aromatic N) is 2. The van der Waals surface area contributed by atoms with Gasteiger partial charge in [0.2, 0.25) is 20.0 Å². The normalized spacial score (nSPS) is 16.6. The Morgan fingerprint density at radius 2 is 1.53 bits per heavy atom. The number of primary sulfonamides is 1. The van der Waals surface area contributed by atoms with Crippen LogP contribution in [0.4, 0.5) is 0 Å². The minimum atomic E-state index is -3.90. The van der Waals surface area contributed by atoms with Gasteiger partial charge in [-0.15, -0.1) is 0 Å². The third-order valence-corrected chi connectivity index (χ3v) is 10.7. The Labute approximate surface area is 218 Å². The molecule has 1 fully saturated rings. The van der Waals surface area contributed by atoms with Crippen LogP contribution in [0.15, 0.2) is 34.1 Å². The van der Waals surface area contributed by atoms with Crippen LogP contribution in [-0.4, -0.2) is 38.3 Å². The van der Waals surface area contributed by atoms with Crippen LogP contribution in [0.5, 0.6) is 0 Å². The zero-order valence-corrected chi connectivity index (χ0v) is 24.7. The molecule has 7 nitrogen and oxygen atoms in total. The molecular weight excluding hydrogens is 494 g/mol. The van der Waals surface area contributed by atoms with E-state index in [0.717, 1.165) is 24.1 Å². The molecule has 1 aromatic heterocycles. The third-order valence-electron chi connectivity index (χ3n) is 7.46. The summed E-state index contributed by atoms with van der Waals surface area (Å²) in [5.41, 5.74) is 1.81.